The fraction of sp³-hybridized carbons (Fsp3) is 0.769. The zero-order valence-corrected chi connectivity index (χ0v) is 10.2. The molecule has 15 heavy (non-hydrogen) atoms. The second kappa shape index (κ2) is 2.94. The molecule has 0 unspecified atom stereocenters. The Labute approximate surface area is 91.7 Å². The van der Waals surface area contributed by atoms with Crippen molar-refractivity contribution in [2.24, 2.45) is 17.8 Å². The zero-order chi connectivity index (χ0) is 11.4. The molecular formula is C13H20O2. The van der Waals surface area contributed by atoms with Crippen LogP contribution < -0.4 is 0 Å². The van der Waals surface area contributed by atoms with Gasteiger partial charge in [-0.1, -0.05) is 32.9 Å². The zero-order valence-electron chi connectivity index (χ0n) is 10.2. The highest BCUT2D eigenvalue weighted by atomic mass is 16.5. The van der Waals surface area contributed by atoms with Gasteiger partial charge in [0.05, 0.1) is 17.1 Å². The fourth-order valence-corrected chi connectivity index (χ4v) is 3.10. The van der Waals surface area contributed by atoms with Gasteiger partial charge in [-0.3, -0.25) is 4.79 Å². The van der Waals surface area contributed by atoms with Gasteiger partial charge in [0.15, 0.2) is 0 Å². The maximum Gasteiger partial charge on any atom is 0.145 e. The van der Waals surface area contributed by atoms with Crippen LogP contribution in [0.3, 0.4) is 0 Å². The van der Waals surface area contributed by atoms with E-state index in [2.05, 4.69) is 26.0 Å². The minimum atomic E-state index is -0.382. The molecule has 2 bridgehead atoms. The first kappa shape index (κ1) is 10.9. The van der Waals surface area contributed by atoms with Crippen LogP contribution in [-0.2, 0) is 9.53 Å². The van der Waals surface area contributed by atoms with E-state index in [0.29, 0.717) is 11.7 Å². The van der Waals surface area contributed by atoms with Crippen LogP contribution in [0.15, 0.2) is 12.2 Å². The smallest absolute Gasteiger partial charge is 0.145 e. The summed E-state index contributed by atoms with van der Waals surface area (Å²) in [4.78, 5) is 12.3. The van der Waals surface area contributed by atoms with Crippen LogP contribution in [0.2, 0.25) is 0 Å². The van der Waals surface area contributed by atoms with E-state index in [1.54, 1.807) is 0 Å². The van der Waals surface area contributed by atoms with E-state index in [9.17, 15) is 4.79 Å². The Kier molecular flexibility index (Phi) is 2.13. The molecule has 0 aromatic heterocycles. The summed E-state index contributed by atoms with van der Waals surface area (Å²) in [5.74, 6) is 0.652. The minimum Gasteiger partial charge on any atom is -0.359 e. The average Bonchev–Trinajstić information content (AvgIpc) is 2.38. The fourth-order valence-electron chi connectivity index (χ4n) is 3.10. The van der Waals surface area contributed by atoms with Crippen molar-refractivity contribution in [1.29, 1.82) is 0 Å². The summed E-state index contributed by atoms with van der Waals surface area (Å²) < 4.78 is 6.10. The summed E-state index contributed by atoms with van der Waals surface area (Å²) in [5.41, 5.74) is -0.760. The van der Waals surface area contributed by atoms with Gasteiger partial charge in [0.2, 0.25) is 0 Å². The van der Waals surface area contributed by atoms with Gasteiger partial charge < -0.3 is 4.74 Å². The lowest BCUT2D eigenvalue weighted by Crippen LogP contribution is -2.56. The van der Waals surface area contributed by atoms with Gasteiger partial charge in [0.1, 0.15) is 5.78 Å². The summed E-state index contributed by atoms with van der Waals surface area (Å²) >= 11 is 0. The average molecular weight is 208 g/mol. The molecule has 84 valence electrons. The number of ketones is 1. The molecule has 0 saturated carbocycles. The first-order chi connectivity index (χ1) is 6.80. The Hall–Kier alpha value is -0.630. The first-order valence-corrected chi connectivity index (χ1v) is 5.74. The number of Topliss-reactive ketones (excluding diaryl/α,β-unsaturated/α-hetero) is 1. The van der Waals surface area contributed by atoms with Crippen molar-refractivity contribution >= 4 is 5.78 Å². The molecule has 0 radical (unpaired) electrons. The number of hydrogen-bond donors (Lipinski definition) is 0. The molecule has 2 heteroatoms. The molecule has 1 saturated heterocycles. The summed E-state index contributed by atoms with van der Waals surface area (Å²) in [7, 11) is 0. The van der Waals surface area contributed by atoms with Gasteiger partial charge in [0.25, 0.3) is 0 Å². The largest absolute Gasteiger partial charge is 0.359 e. The Morgan fingerprint density at radius 3 is 2.33 bits per heavy atom. The highest BCUT2D eigenvalue weighted by Gasteiger charge is 2.57. The van der Waals surface area contributed by atoms with E-state index in [1.165, 1.54) is 0 Å². The van der Waals surface area contributed by atoms with Crippen LogP contribution in [0.25, 0.3) is 0 Å². The molecule has 0 amide bonds. The third-order valence-corrected chi connectivity index (χ3v) is 4.06. The monoisotopic (exact) mass is 208 g/mol. The number of hydrogen-bond acceptors (Lipinski definition) is 2. The second-order valence-electron chi connectivity index (χ2n) is 5.65. The molecule has 1 fully saturated rings. The maximum absolute atomic E-state index is 12.3. The topological polar surface area (TPSA) is 26.3 Å². The van der Waals surface area contributed by atoms with Crippen LogP contribution in [0.5, 0.6) is 0 Å². The highest BCUT2D eigenvalue weighted by molar-refractivity contribution is 5.88. The van der Waals surface area contributed by atoms with Gasteiger partial charge in [-0.15, -0.1) is 0 Å². The molecule has 2 nitrogen and oxygen atoms in total. The van der Waals surface area contributed by atoms with E-state index >= 15 is 0 Å². The molecule has 0 spiro atoms. The number of rotatable bonds is 1. The normalized spacial score (nSPS) is 49.1. The van der Waals surface area contributed by atoms with E-state index < -0.39 is 0 Å². The molecule has 4 atom stereocenters. The van der Waals surface area contributed by atoms with Crippen LogP contribution >= 0.6 is 0 Å². The molecule has 2 heterocycles. The Morgan fingerprint density at radius 1 is 1.27 bits per heavy atom. The number of fused-ring (bicyclic) bond motifs is 2. The summed E-state index contributed by atoms with van der Waals surface area (Å²) in [6.07, 6.45) is 4.15. The van der Waals surface area contributed by atoms with Gasteiger partial charge in [0, 0.05) is 5.92 Å². The van der Waals surface area contributed by atoms with Crippen molar-refractivity contribution in [3.8, 4) is 0 Å². The van der Waals surface area contributed by atoms with E-state index in [0.717, 1.165) is 0 Å². The van der Waals surface area contributed by atoms with Crippen molar-refractivity contribution in [2.45, 2.75) is 45.8 Å². The first-order valence-electron chi connectivity index (χ1n) is 5.74. The number of carbonyl (C=O) groups is 1. The van der Waals surface area contributed by atoms with Crippen LogP contribution in [-0.4, -0.2) is 17.0 Å². The van der Waals surface area contributed by atoms with Crippen molar-refractivity contribution in [2.75, 3.05) is 0 Å². The highest BCUT2D eigenvalue weighted by Crippen LogP contribution is 2.49. The van der Waals surface area contributed by atoms with Crippen LogP contribution in [0, 0.1) is 17.8 Å². The summed E-state index contributed by atoms with van der Waals surface area (Å²) in [5, 5.41) is 0. The van der Waals surface area contributed by atoms with Crippen molar-refractivity contribution in [3.63, 3.8) is 0 Å². The van der Waals surface area contributed by atoms with Crippen molar-refractivity contribution < 1.29 is 9.53 Å². The van der Waals surface area contributed by atoms with E-state index in [1.807, 2.05) is 20.8 Å². The summed E-state index contributed by atoms with van der Waals surface area (Å²) in [6, 6.07) is 0. The van der Waals surface area contributed by atoms with Gasteiger partial charge >= 0.3 is 0 Å². The Morgan fingerprint density at radius 2 is 1.80 bits per heavy atom. The minimum absolute atomic E-state index is 0.000625. The lowest BCUT2D eigenvalue weighted by Gasteiger charge is -2.46. The third kappa shape index (κ3) is 1.31. The second-order valence-corrected chi connectivity index (χ2v) is 5.65. The maximum atomic E-state index is 12.3. The van der Waals surface area contributed by atoms with Crippen LogP contribution in [0.4, 0.5) is 0 Å². The van der Waals surface area contributed by atoms with Crippen molar-refractivity contribution in [3.05, 3.63) is 12.2 Å². The predicted molar refractivity (Wildman–Crippen MR) is 59.5 cm³/mol. The molecular weight excluding hydrogens is 188 g/mol. The standard InChI is InChI=1S/C13H20O2/c1-8(2)10-11(14)9(3)12(4)6-7-13(10,5)15-12/h6-10H,1-5H3/t9-,10+,12-,13+/m0/s1. The number of carbonyl (C=O) groups excluding carboxylic acids is 1. The lowest BCUT2D eigenvalue weighted by molar-refractivity contribution is -0.182. The summed E-state index contributed by atoms with van der Waals surface area (Å²) in [6.45, 7) is 10.2. The van der Waals surface area contributed by atoms with E-state index in [-0.39, 0.29) is 23.0 Å². The van der Waals surface area contributed by atoms with Gasteiger partial charge in [-0.2, -0.15) is 0 Å². The predicted octanol–water partition coefficient (Wildman–Crippen LogP) is 2.58. The Bertz CT molecular complexity index is 331. The van der Waals surface area contributed by atoms with Gasteiger partial charge in [-0.05, 0) is 19.8 Å². The molecule has 2 aliphatic rings. The Balaban J connectivity index is 2.45. The van der Waals surface area contributed by atoms with Crippen LogP contribution in [0.1, 0.15) is 34.6 Å². The molecule has 0 aromatic carbocycles. The molecule has 0 aromatic rings. The lowest BCUT2D eigenvalue weighted by atomic mass is 9.71. The molecule has 2 aliphatic heterocycles. The molecule has 2 rings (SSSR count). The number of ether oxygens (including phenoxy) is 1. The van der Waals surface area contributed by atoms with Gasteiger partial charge in [-0.25, -0.2) is 0 Å². The van der Waals surface area contributed by atoms with E-state index in [4.69, 9.17) is 4.74 Å². The molecule has 0 aliphatic carbocycles. The van der Waals surface area contributed by atoms with Crippen molar-refractivity contribution in [1.82, 2.24) is 0 Å². The third-order valence-electron chi connectivity index (χ3n) is 4.06. The quantitative estimate of drug-likeness (QED) is 0.619. The molecule has 0 N–H and O–H groups in total. The SMILES string of the molecule is CC(C)[C@@H]1C(=O)[C@H](C)[C@]2(C)C=C[C@@]1(C)O2.